The molecule has 1 saturated heterocycles. The molecule has 0 aromatic heterocycles. The fourth-order valence-corrected chi connectivity index (χ4v) is 3.94. The number of nitrogens with zero attached hydrogens (tertiary/aromatic N) is 1. The van der Waals surface area contributed by atoms with Gasteiger partial charge in [0.1, 0.15) is 0 Å². The molecule has 1 aliphatic rings. The fraction of sp³-hybridized carbons (Fsp3) is 0.538. The van der Waals surface area contributed by atoms with Crippen LogP contribution in [-0.2, 0) is 14.8 Å². The van der Waals surface area contributed by atoms with Gasteiger partial charge in [0.25, 0.3) is 0 Å². The summed E-state index contributed by atoms with van der Waals surface area (Å²) in [6, 6.07) is 5.52. The Morgan fingerprint density at radius 2 is 2.06 bits per heavy atom. The van der Waals surface area contributed by atoms with Crippen molar-refractivity contribution in [3.63, 3.8) is 0 Å². The van der Waals surface area contributed by atoms with Crippen molar-refractivity contribution in [2.75, 3.05) is 19.7 Å². The predicted octanol–water partition coefficient (Wildman–Crippen LogP) is 1.71. The van der Waals surface area contributed by atoms with E-state index in [1.807, 2.05) is 32.9 Å². The van der Waals surface area contributed by atoms with Crippen molar-refractivity contribution in [1.29, 1.82) is 0 Å². The van der Waals surface area contributed by atoms with Gasteiger partial charge in [-0.05, 0) is 38.0 Å². The van der Waals surface area contributed by atoms with Gasteiger partial charge in [-0.1, -0.05) is 12.1 Å². The van der Waals surface area contributed by atoms with Crippen LogP contribution in [0.1, 0.15) is 18.1 Å². The van der Waals surface area contributed by atoms with Crippen molar-refractivity contribution in [1.82, 2.24) is 4.31 Å². The molecule has 1 aromatic rings. The quantitative estimate of drug-likeness (QED) is 0.821. The lowest BCUT2D eigenvalue weighted by molar-refractivity contribution is 0.0102. The van der Waals surface area contributed by atoms with Gasteiger partial charge >= 0.3 is 0 Å². The molecule has 0 amide bonds. The van der Waals surface area contributed by atoms with E-state index in [0.717, 1.165) is 11.1 Å². The first-order valence-corrected chi connectivity index (χ1v) is 7.54. The molecule has 1 atom stereocenters. The van der Waals surface area contributed by atoms with Gasteiger partial charge in [0.15, 0.2) is 0 Å². The molecule has 5 heteroatoms. The molecule has 100 valence electrons. The minimum atomic E-state index is -3.39. The van der Waals surface area contributed by atoms with Crippen molar-refractivity contribution in [3.8, 4) is 0 Å². The molecule has 0 bridgehead atoms. The highest BCUT2D eigenvalue weighted by molar-refractivity contribution is 7.89. The standard InChI is InChI=1S/C13H19NO3S/c1-10-4-5-11(2)13(8-10)18(15,16)14-6-7-17-12(3)9-14/h4-5,8,12H,6-7,9H2,1-3H3. The van der Waals surface area contributed by atoms with Crippen molar-refractivity contribution in [2.24, 2.45) is 0 Å². The van der Waals surface area contributed by atoms with Crippen LogP contribution in [0.25, 0.3) is 0 Å². The molecule has 0 N–H and O–H groups in total. The Balaban J connectivity index is 2.38. The first-order chi connectivity index (χ1) is 8.41. The smallest absolute Gasteiger partial charge is 0.243 e. The van der Waals surface area contributed by atoms with E-state index in [9.17, 15) is 8.42 Å². The average Bonchev–Trinajstić information content (AvgIpc) is 2.32. The number of hydrogen-bond acceptors (Lipinski definition) is 3. The monoisotopic (exact) mass is 269 g/mol. The minimum Gasteiger partial charge on any atom is -0.376 e. The van der Waals surface area contributed by atoms with E-state index >= 15 is 0 Å². The maximum absolute atomic E-state index is 12.6. The van der Waals surface area contributed by atoms with Crippen LogP contribution in [0.5, 0.6) is 0 Å². The van der Waals surface area contributed by atoms with Crippen LogP contribution in [-0.4, -0.2) is 38.5 Å². The van der Waals surface area contributed by atoms with Crippen LogP contribution >= 0.6 is 0 Å². The van der Waals surface area contributed by atoms with Gasteiger partial charge in [0, 0.05) is 13.1 Å². The third-order valence-electron chi connectivity index (χ3n) is 3.17. The van der Waals surface area contributed by atoms with E-state index in [-0.39, 0.29) is 6.10 Å². The molecule has 1 fully saturated rings. The summed E-state index contributed by atoms with van der Waals surface area (Å²) in [5.41, 5.74) is 1.75. The zero-order valence-corrected chi connectivity index (χ0v) is 11.8. The second kappa shape index (κ2) is 4.99. The molecule has 1 unspecified atom stereocenters. The third kappa shape index (κ3) is 2.58. The van der Waals surface area contributed by atoms with Gasteiger partial charge in [0.2, 0.25) is 10.0 Å². The van der Waals surface area contributed by atoms with Crippen molar-refractivity contribution >= 4 is 10.0 Å². The summed E-state index contributed by atoms with van der Waals surface area (Å²) in [7, 11) is -3.39. The first kappa shape index (κ1) is 13.5. The highest BCUT2D eigenvalue weighted by Gasteiger charge is 2.30. The molecule has 18 heavy (non-hydrogen) atoms. The number of aryl methyl sites for hydroxylation is 2. The summed E-state index contributed by atoms with van der Waals surface area (Å²) in [5.74, 6) is 0. The molecular weight excluding hydrogens is 250 g/mol. The SMILES string of the molecule is Cc1ccc(C)c(S(=O)(=O)N2CCOC(C)C2)c1. The zero-order chi connectivity index (χ0) is 13.3. The van der Waals surface area contributed by atoms with Crippen LogP contribution in [0.2, 0.25) is 0 Å². The molecule has 1 heterocycles. The molecule has 1 aliphatic heterocycles. The predicted molar refractivity (Wildman–Crippen MR) is 70.1 cm³/mol. The molecule has 2 rings (SSSR count). The number of ether oxygens (including phenoxy) is 1. The Morgan fingerprint density at radius 1 is 1.33 bits per heavy atom. The van der Waals surface area contributed by atoms with Crippen LogP contribution in [0, 0.1) is 13.8 Å². The van der Waals surface area contributed by atoms with Crippen LogP contribution in [0.3, 0.4) is 0 Å². The van der Waals surface area contributed by atoms with Gasteiger partial charge < -0.3 is 4.74 Å². The van der Waals surface area contributed by atoms with E-state index in [1.165, 1.54) is 4.31 Å². The molecule has 4 nitrogen and oxygen atoms in total. The number of sulfonamides is 1. The average molecular weight is 269 g/mol. The number of benzene rings is 1. The Hall–Kier alpha value is -0.910. The van der Waals surface area contributed by atoms with E-state index < -0.39 is 10.0 Å². The summed E-state index contributed by atoms with van der Waals surface area (Å²) in [6.07, 6.45) is -0.0429. The lowest BCUT2D eigenvalue weighted by atomic mass is 10.2. The third-order valence-corrected chi connectivity index (χ3v) is 5.17. The highest BCUT2D eigenvalue weighted by atomic mass is 32.2. The van der Waals surface area contributed by atoms with Crippen molar-refractivity contribution in [2.45, 2.75) is 31.8 Å². The first-order valence-electron chi connectivity index (χ1n) is 6.10. The lowest BCUT2D eigenvalue weighted by Gasteiger charge is -2.30. The number of rotatable bonds is 2. The summed E-state index contributed by atoms with van der Waals surface area (Å²) in [5, 5.41) is 0. The Labute approximate surface area is 109 Å². The summed E-state index contributed by atoms with van der Waals surface area (Å²) in [4.78, 5) is 0.414. The fourth-order valence-electron chi connectivity index (χ4n) is 2.13. The molecular formula is C13H19NO3S. The Morgan fingerprint density at radius 3 is 2.72 bits per heavy atom. The maximum atomic E-state index is 12.6. The topological polar surface area (TPSA) is 46.6 Å². The minimum absolute atomic E-state index is 0.0429. The van der Waals surface area contributed by atoms with Crippen LogP contribution in [0.15, 0.2) is 23.1 Å². The molecule has 1 aromatic carbocycles. The van der Waals surface area contributed by atoms with Gasteiger partial charge in [-0.2, -0.15) is 4.31 Å². The summed E-state index contributed by atoms with van der Waals surface area (Å²) < 4.78 is 32.1. The van der Waals surface area contributed by atoms with E-state index in [2.05, 4.69) is 0 Å². The van der Waals surface area contributed by atoms with E-state index in [4.69, 9.17) is 4.74 Å². The van der Waals surface area contributed by atoms with Crippen molar-refractivity contribution in [3.05, 3.63) is 29.3 Å². The molecule has 0 aliphatic carbocycles. The highest BCUT2D eigenvalue weighted by Crippen LogP contribution is 2.22. The maximum Gasteiger partial charge on any atom is 0.243 e. The van der Waals surface area contributed by atoms with Gasteiger partial charge in [0.05, 0.1) is 17.6 Å². The van der Waals surface area contributed by atoms with Gasteiger partial charge in [-0.15, -0.1) is 0 Å². The lowest BCUT2D eigenvalue weighted by Crippen LogP contribution is -2.44. The Bertz CT molecular complexity index is 539. The largest absolute Gasteiger partial charge is 0.376 e. The molecule has 0 saturated carbocycles. The van der Waals surface area contributed by atoms with Crippen LogP contribution in [0.4, 0.5) is 0 Å². The zero-order valence-electron chi connectivity index (χ0n) is 11.0. The van der Waals surface area contributed by atoms with Gasteiger partial charge in [-0.3, -0.25) is 0 Å². The number of morpholine rings is 1. The molecule has 0 radical (unpaired) electrons. The second-order valence-corrected chi connectivity index (χ2v) is 6.72. The normalized spacial score (nSPS) is 22.1. The van der Waals surface area contributed by atoms with Crippen molar-refractivity contribution < 1.29 is 13.2 Å². The van der Waals surface area contributed by atoms with E-state index in [1.54, 1.807) is 6.07 Å². The van der Waals surface area contributed by atoms with Gasteiger partial charge in [-0.25, -0.2) is 8.42 Å². The number of hydrogen-bond donors (Lipinski definition) is 0. The molecule has 0 spiro atoms. The summed E-state index contributed by atoms with van der Waals surface area (Å²) >= 11 is 0. The Kier molecular flexibility index (Phi) is 3.75. The second-order valence-electron chi connectivity index (χ2n) is 4.81. The summed E-state index contributed by atoms with van der Waals surface area (Å²) in [6.45, 7) is 6.95. The van der Waals surface area contributed by atoms with E-state index in [0.29, 0.717) is 24.6 Å². The van der Waals surface area contributed by atoms with Crippen LogP contribution < -0.4 is 0 Å².